The van der Waals surface area contributed by atoms with Crippen molar-refractivity contribution in [2.24, 2.45) is 0 Å². The third kappa shape index (κ3) is 1.94. The van der Waals surface area contributed by atoms with Crippen LogP contribution in [0.2, 0.25) is 0 Å². The summed E-state index contributed by atoms with van der Waals surface area (Å²) in [4.78, 5) is 0. The quantitative estimate of drug-likeness (QED) is 0.477. The first-order valence-electron chi connectivity index (χ1n) is 3.84. The Kier molecular flexibility index (Phi) is 3.42. The van der Waals surface area contributed by atoms with Crippen LogP contribution in [0.1, 0.15) is 6.42 Å². The van der Waals surface area contributed by atoms with E-state index >= 15 is 0 Å². The van der Waals surface area contributed by atoms with Crippen LogP contribution in [0, 0.1) is 0 Å². The van der Waals surface area contributed by atoms with Gasteiger partial charge in [-0.3, -0.25) is 0 Å². The predicted octanol–water partition coefficient (Wildman–Crippen LogP) is -1.54. The van der Waals surface area contributed by atoms with Crippen molar-refractivity contribution in [3.8, 4) is 0 Å². The highest BCUT2D eigenvalue weighted by molar-refractivity contribution is 4.80. The van der Waals surface area contributed by atoms with Crippen LogP contribution in [-0.2, 0) is 9.47 Å². The Balaban J connectivity index is 2.50. The largest absolute Gasteiger partial charge is 0.394 e. The summed E-state index contributed by atoms with van der Waals surface area (Å²) in [6, 6.07) is 0. The molecule has 0 spiro atoms. The SMILES string of the molecule is CO[C@H]1O[C@@H](CO)[C@@H](O)C[C@@H]1O. The lowest BCUT2D eigenvalue weighted by Gasteiger charge is -2.35. The molecule has 12 heavy (non-hydrogen) atoms. The molecule has 0 amide bonds. The lowest BCUT2D eigenvalue weighted by molar-refractivity contribution is -0.261. The van der Waals surface area contributed by atoms with Gasteiger partial charge in [-0.05, 0) is 0 Å². The lowest BCUT2D eigenvalue weighted by atomic mass is 10.0. The van der Waals surface area contributed by atoms with E-state index < -0.39 is 24.6 Å². The average Bonchev–Trinajstić information content (AvgIpc) is 2.05. The molecule has 0 unspecified atom stereocenters. The molecule has 3 N–H and O–H groups in total. The second kappa shape index (κ2) is 4.15. The zero-order valence-electron chi connectivity index (χ0n) is 6.88. The van der Waals surface area contributed by atoms with Gasteiger partial charge in [0.05, 0.1) is 12.7 Å². The molecule has 0 saturated carbocycles. The van der Waals surface area contributed by atoms with Gasteiger partial charge in [-0.25, -0.2) is 0 Å². The molecular weight excluding hydrogens is 164 g/mol. The topological polar surface area (TPSA) is 79.2 Å². The maximum atomic E-state index is 9.26. The summed E-state index contributed by atoms with van der Waals surface area (Å²) in [6.45, 7) is -0.270. The molecule has 4 atom stereocenters. The number of rotatable bonds is 2. The standard InChI is InChI=1S/C7H14O5/c1-11-7-5(10)2-4(9)6(3-8)12-7/h4-10H,2-3H2,1H3/t4-,5-,6-,7-/m0/s1. The van der Waals surface area contributed by atoms with Gasteiger partial charge in [0.2, 0.25) is 0 Å². The minimum Gasteiger partial charge on any atom is -0.394 e. The van der Waals surface area contributed by atoms with Crippen LogP contribution in [-0.4, -0.2) is 53.6 Å². The Bertz CT molecular complexity index is 126. The number of methoxy groups -OCH3 is 1. The van der Waals surface area contributed by atoms with E-state index in [9.17, 15) is 10.2 Å². The molecular formula is C7H14O5. The third-order valence-electron chi connectivity index (χ3n) is 1.95. The molecule has 0 aromatic heterocycles. The number of aliphatic hydroxyl groups is 3. The van der Waals surface area contributed by atoms with Crippen molar-refractivity contribution in [1.29, 1.82) is 0 Å². The van der Waals surface area contributed by atoms with Crippen molar-refractivity contribution >= 4 is 0 Å². The molecule has 0 aromatic carbocycles. The highest BCUT2D eigenvalue weighted by Gasteiger charge is 2.35. The van der Waals surface area contributed by atoms with E-state index in [4.69, 9.17) is 14.6 Å². The Hall–Kier alpha value is -0.200. The fourth-order valence-electron chi connectivity index (χ4n) is 1.24. The summed E-state index contributed by atoms with van der Waals surface area (Å²) in [5.74, 6) is 0. The van der Waals surface area contributed by atoms with Crippen LogP contribution in [0.3, 0.4) is 0 Å². The number of hydrogen-bond donors (Lipinski definition) is 3. The molecule has 72 valence electrons. The zero-order chi connectivity index (χ0) is 9.14. The first kappa shape index (κ1) is 9.88. The van der Waals surface area contributed by atoms with Crippen LogP contribution < -0.4 is 0 Å². The van der Waals surface area contributed by atoms with E-state index in [1.54, 1.807) is 0 Å². The van der Waals surface area contributed by atoms with Crippen molar-refractivity contribution in [3.05, 3.63) is 0 Å². The van der Waals surface area contributed by atoms with Gasteiger partial charge in [-0.1, -0.05) is 0 Å². The molecule has 5 heteroatoms. The molecule has 5 nitrogen and oxygen atoms in total. The monoisotopic (exact) mass is 178 g/mol. The molecule has 0 bridgehead atoms. The molecule has 1 fully saturated rings. The van der Waals surface area contributed by atoms with Crippen molar-refractivity contribution in [3.63, 3.8) is 0 Å². The molecule has 1 heterocycles. The number of hydrogen-bond acceptors (Lipinski definition) is 5. The van der Waals surface area contributed by atoms with Gasteiger partial charge >= 0.3 is 0 Å². The van der Waals surface area contributed by atoms with E-state index in [-0.39, 0.29) is 13.0 Å². The van der Waals surface area contributed by atoms with Gasteiger partial charge < -0.3 is 24.8 Å². The van der Waals surface area contributed by atoms with E-state index in [1.165, 1.54) is 7.11 Å². The first-order valence-corrected chi connectivity index (χ1v) is 3.84. The zero-order valence-corrected chi connectivity index (χ0v) is 6.88. The normalized spacial score (nSPS) is 43.0. The second-order valence-electron chi connectivity index (χ2n) is 2.83. The smallest absolute Gasteiger partial charge is 0.183 e. The van der Waals surface area contributed by atoms with Gasteiger partial charge in [-0.15, -0.1) is 0 Å². The van der Waals surface area contributed by atoms with Crippen LogP contribution in [0.4, 0.5) is 0 Å². The summed E-state index contributed by atoms with van der Waals surface area (Å²) in [7, 11) is 1.40. The van der Waals surface area contributed by atoms with Gasteiger partial charge in [0.25, 0.3) is 0 Å². The van der Waals surface area contributed by atoms with Crippen LogP contribution in [0.15, 0.2) is 0 Å². The minimum atomic E-state index is -0.826. The van der Waals surface area contributed by atoms with Crippen molar-refractivity contribution in [1.82, 2.24) is 0 Å². The Labute approximate surface area is 70.5 Å². The van der Waals surface area contributed by atoms with Crippen molar-refractivity contribution < 1.29 is 24.8 Å². The van der Waals surface area contributed by atoms with E-state index in [0.29, 0.717) is 0 Å². The summed E-state index contributed by atoms with van der Waals surface area (Å²) in [5, 5.41) is 27.3. The first-order chi connectivity index (χ1) is 5.69. The lowest BCUT2D eigenvalue weighted by Crippen LogP contribution is -2.49. The number of aliphatic hydroxyl groups excluding tert-OH is 3. The molecule has 0 aromatic rings. The fraction of sp³-hybridized carbons (Fsp3) is 1.00. The summed E-state index contributed by atoms with van der Waals surface area (Å²) >= 11 is 0. The van der Waals surface area contributed by atoms with Gasteiger partial charge in [0.1, 0.15) is 12.2 Å². The molecule has 1 aliphatic rings. The third-order valence-corrected chi connectivity index (χ3v) is 1.95. The van der Waals surface area contributed by atoms with Gasteiger partial charge in [0, 0.05) is 13.5 Å². The minimum absolute atomic E-state index is 0.170. The van der Waals surface area contributed by atoms with Crippen LogP contribution >= 0.6 is 0 Å². The maximum Gasteiger partial charge on any atom is 0.183 e. The highest BCUT2D eigenvalue weighted by Crippen LogP contribution is 2.20. The maximum absolute atomic E-state index is 9.26. The van der Waals surface area contributed by atoms with E-state index in [2.05, 4.69) is 0 Å². The molecule has 1 rings (SSSR count). The molecule has 1 saturated heterocycles. The fourth-order valence-corrected chi connectivity index (χ4v) is 1.24. The molecule has 0 radical (unpaired) electrons. The predicted molar refractivity (Wildman–Crippen MR) is 39.4 cm³/mol. The summed E-state index contributed by atoms with van der Waals surface area (Å²) < 4.78 is 9.83. The molecule has 1 aliphatic heterocycles. The van der Waals surface area contributed by atoms with E-state index in [1.807, 2.05) is 0 Å². The van der Waals surface area contributed by atoms with Crippen molar-refractivity contribution in [2.45, 2.75) is 31.0 Å². The molecule has 0 aliphatic carbocycles. The Morgan fingerprint density at radius 2 is 2.08 bits per heavy atom. The Morgan fingerprint density at radius 3 is 2.58 bits per heavy atom. The number of ether oxygens (including phenoxy) is 2. The van der Waals surface area contributed by atoms with Gasteiger partial charge in [-0.2, -0.15) is 0 Å². The Morgan fingerprint density at radius 1 is 1.42 bits per heavy atom. The average molecular weight is 178 g/mol. The van der Waals surface area contributed by atoms with E-state index in [0.717, 1.165) is 0 Å². The summed E-state index contributed by atoms with van der Waals surface area (Å²) in [5.41, 5.74) is 0. The summed E-state index contributed by atoms with van der Waals surface area (Å²) in [6.07, 6.45) is -2.88. The van der Waals surface area contributed by atoms with Crippen LogP contribution in [0.5, 0.6) is 0 Å². The van der Waals surface area contributed by atoms with Gasteiger partial charge in [0.15, 0.2) is 6.29 Å². The second-order valence-corrected chi connectivity index (χ2v) is 2.83. The highest BCUT2D eigenvalue weighted by atomic mass is 16.7. The van der Waals surface area contributed by atoms with Crippen molar-refractivity contribution in [2.75, 3.05) is 13.7 Å². The van der Waals surface area contributed by atoms with Crippen LogP contribution in [0.25, 0.3) is 0 Å².